The zero-order valence-corrected chi connectivity index (χ0v) is 20.0. The lowest BCUT2D eigenvalue weighted by atomic mass is 9.97. The summed E-state index contributed by atoms with van der Waals surface area (Å²) >= 11 is 0. The van der Waals surface area contributed by atoms with Crippen LogP contribution in [0.5, 0.6) is 0 Å². The number of nitrogens with zero attached hydrogens (tertiary/aromatic N) is 1. The smallest absolute Gasteiger partial charge is 0.174 e. The number of carbonyl (C=O) groups is 1. The predicted molar refractivity (Wildman–Crippen MR) is 143 cm³/mol. The van der Waals surface area contributed by atoms with Crippen LogP contribution in [0.1, 0.15) is 22.3 Å². The van der Waals surface area contributed by atoms with Crippen molar-refractivity contribution >= 4 is 5.78 Å². The topological polar surface area (TPSA) is 46.3 Å². The van der Waals surface area contributed by atoms with Crippen LogP contribution in [0.4, 0.5) is 0 Å². The molecule has 0 fully saturated rings. The lowest BCUT2D eigenvalue weighted by Gasteiger charge is -2.31. The van der Waals surface area contributed by atoms with Gasteiger partial charge >= 0.3 is 0 Å². The van der Waals surface area contributed by atoms with E-state index < -0.39 is 0 Å². The third-order valence-electron chi connectivity index (χ3n) is 6.08. The molecular formula is C32H32N2O. The molecule has 1 atom stereocenters. The van der Waals surface area contributed by atoms with Crippen molar-refractivity contribution in [2.24, 2.45) is 5.73 Å². The molecule has 0 aliphatic heterocycles. The Hall–Kier alpha value is -3.95. The Labute approximate surface area is 208 Å². The summed E-state index contributed by atoms with van der Waals surface area (Å²) in [6.45, 7) is 1.34. The van der Waals surface area contributed by atoms with Crippen LogP contribution in [0.25, 0.3) is 0 Å². The summed E-state index contributed by atoms with van der Waals surface area (Å²) in [4.78, 5) is 16.0. The van der Waals surface area contributed by atoms with E-state index in [9.17, 15) is 4.79 Å². The summed E-state index contributed by atoms with van der Waals surface area (Å²) in [5.74, 6) is 0.0362. The fourth-order valence-electron chi connectivity index (χ4n) is 4.32. The molecule has 0 saturated carbocycles. The molecule has 0 unspecified atom stereocenters. The van der Waals surface area contributed by atoms with E-state index in [4.69, 9.17) is 5.73 Å². The Balaban J connectivity index is 1.65. The van der Waals surface area contributed by atoms with Crippen LogP contribution in [0.2, 0.25) is 0 Å². The summed E-state index contributed by atoms with van der Waals surface area (Å²) in [7, 11) is 0. The lowest BCUT2D eigenvalue weighted by molar-refractivity contribution is -0.120. The number of hydrogen-bond donors (Lipinski definition) is 1. The summed E-state index contributed by atoms with van der Waals surface area (Å²) < 4.78 is 0. The van der Waals surface area contributed by atoms with Gasteiger partial charge in [0.1, 0.15) is 0 Å². The number of allylic oxidation sites excluding steroid dienone is 1. The van der Waals surface area contributed by atoms with Gasteiger partial charge in [-0.15, -0.1) is 0 Å². The molecule has 4 aromatic rings. The van der Waals surface area contributed by atoms with Crippen LogP contribution >= 0.6 is 0 Å². The summed E-state index contributed by atoms with van der Waals surface area (Å²) in [6.07, 6.45) is 2.82. The first-order chi connectivity index (χ1) is 17.2. The average molecular weight is 461 g/mol. The molecule has 0 aliphatic rings. The molecule has 0 aromatic heterocycles. The standard InChI is InChI=1S/C32H32N2O/c33-30(21-26-13-5-1-6-14-26)23-32(35)31(22-27-15-7-2-8-16-27)34(24-28-17-9-3-10-18-28)25-29-19-11-4-12-20-29/h1-20,23,31H,21-22,24-25,33H2/b30-23+/t31-/m0/s1. The number of ketones is 1. The Morgan fingerprint density at radius 2 is 1.03 bits per heavy atom. The molecule has 4 aromatic carbocycles. The normalized spacial score (nSPS) is 12.4. The number of benzene rings is 4. The van der Waals surface area contributed by atoms with Crippen LogP contribution in [0.3, 0.4) is 0 Å². The van der Waals surface area contributed by atoms with E-state index in [1.807, 2.05) is 84.9 Å². The van der Waals surface area contributed by atoms with Crippen molar-refractivity contribution in [1.82, 2.24) is 4.90 Å². The first-order valence-electron chi connectivity index (χ1n) is 12.1. The molecule has 0 bridgehead atoms. The molecule has 176 valence electrons. The molecule has 3 heteroatoms. The highest BCUT2D eigenvalue weighted by Gasteiger charge is 2.26. The van der Waals surface area contributed by atoms with Crippen LogP contribution in [0, 0.1) is 0 Å². The van der Waals surface area contributed by atoms with Crippen molar-refractivity contribution < 1.29 is 4.79 Å². The molecule has 4 rings (SSSR count). The Bertz CT molecular complexity index is 1160. The molecule has 0 radical (unpaired) electrons. The Morgan fingerprint density at radius 3 is 1.49 bits per heavy atom. The van der Waals surface area contributed by atoms with E-state index in [0.717, 1.165) is 11.1 Å². The summed E-state index contributed by atoms with van der Waals surface area (Å²) in [6, 6.07) is 40.6. The predicted octanol–water partition coefficient (Wildman–Crippen LogP) is 5.95. The van der Waals surface area contributed by atoms with Gasteiger partial charge in [0.15, 0.2) is 5.78 Å². The van der Waals surface area contributed by atoms with E-state index in [1.54, 1.807) is 6.08 Å². The highest BCUT2D eigenvalue weighted by atomic mass is 16.1. The molecule has 0 spiro atoms. The zero-order chi connectivity index (χ0) is 24.3. The highest BCUT2D eigenvalue weighted by Crippen LogP contribution is 2.19. The van der Waals surface area contributed by atoms with E-state index in [-0.39, 0.29) is 11.8 Å². The van der Waals surface area contributed by atoms with E-state index in [0.29, 0.717) is 31.6 Å². The van der Waals surface area contributed by atoms with Crippen LogP contribution < -0.4 is 5.73 Å². The van der Waals surface area contributed by atoms with Crippen molar-refractivity contribution in [2.75, 3.05) is 0 Å². The fourth-order valence-corrected chi connectivity index (χ4v) is 4.32. The third-order valence-corrected chi connectivity index (χ3v) is 6.08. The number of carbonyl (C=O) groups excluding carboxylic acids is 1. The van der Waals surface area contributed by atoms with Crippen molar-refractivity contribution in [3.63, 3.8) is 0 Å². The van der Waals surface area contributed by atoms with Gasteiger partial charge in [0.05, 0.1) is 6.04 Å². The number of nitrogens with two attached hydrogens (primary N) is 1. The minimum atomic E-state index is -0.341. The second-order valence-corrected chi connectivity index (χ2v) is 8.87. The van der Waals surface area contributed by atoms with Gasteiger partial charge in [0.25, 0.3) is 0 Å². The maximum absolute atomic E-state index is 13.8. The minimum Gasteiger partial charge on any atom is -0.402 e. The van der Waals surface area contributed by atoms with Crippen LogP contribution in [-0.2, 0) is 30.7 Å². The average Bonchev–Trinajstić information content (AvgIpc) is 2.89. The Morgan fingerprint density at radius 1 is 0.629 bits per heavy atom. The van der Waals surface area contributed by atoms with Gasteiger partial charge in [-0.3, -0.25) is 9.69 Å². The highest BCUT2D eigenvalue weighted by molar-refractivity contribution is 5.95. The maximum Gasteiger partial charge on any atom is 0.174 e. The lowest BCUT2D eigenvalue weighted by Crippen LogP contribution is -2.41. The van der Waals surface area contributed by atoms with E-state index in [1.165, 1.54) is 11.1 Å². The molecule has 3 nitrogen and oxygen atoms in total. The second-order valence-electron chi connectivity index (χ2n) is 8.87. The summed E-state index contributed by atoms with van der Waals surface area (Å²) in [5, 5.41) is 0. The maximum atomic E-state index is 13.8. The molecule has 0 saturated heterocycles. The zero-order valence-electron chi connectivity index (χ0n) is 20.0. The summed E-state index contributed by atoms with van der Waals surface area (Å²) in [5.41, 5.74) is 11.5. The van der Waals surface area contributed by atoms with Crippen LogP contribution in [0.15, 0.2) is 133 Å². The first kappa shape index (κ1) is 24.2. The van der Waals surface area contributed by atoms with E-state index in [2.05, 4.69) is 41.3 Å². The van der Waals surface area contributed by atoms with Crippen molar-refractivity contribution in [2.45, 2.75) is 32.0 Å². The van der Waals surface area contributed by atoms with Crippen molar-refractivity contribution in [3.05, 3.63) is 155 Å². The van der Waals surface area contributed by atoms with Gasteiger partial charge in [-0.05, 0) is 28.7 Å². The quantitative estimate of drug-likeness (QED) is 0.281. The van der Waals surface area contributed by atoms with Crippen molar-refractivity contribution in [1.29, 1.82) is 0 Å². The Kier molecular flexibility index (Phi) is 8.63. The van der Waals surface area contributed by atoms with Gasteiger partial charge in [-0.1, -0.05) is 121 Å². The minimum absolute atomic E-state index is 0.0362. The van der Waals surface area contributed by atoms with E-state index >= 15 is 0 Å². The van der Waals surface area contributed by atoms with Gasteiger partial charge in [0, 0.05) is 31.3 Å². The van der Waals surface area contributed by atoms with Crippen molar-refractivity contribution in [3.8, 4) is 0 Å². The van der Waals surface area contributed by atoms with Gasteiger partial charge in [-0.25, -0.2) is 0 Å². The molecule has 35 heavy (non-hydrogen) atoms. The molecule has 0 heterocycles. The molecule has 0 amide bonds. The number of hydrogen-bond acceptors (Lipinski definition) is 3. The first-order valence-corrected chi connectivity index (χ1v) is 12.1. The monoisotopic (exact) mass is 460 g/mol. The van der Waals surface area contributed by atoms with Crippen LogP contribution in [-0.4, -0.2) is 16.7 Å². The van der Waals surface area contributed by atoms with Gasteiger partial charge < -0.3 is 5.73 Å². The third kappa shape index (κ3) is 7.53. The molecular weight excluding hydrogens is 428 g/mol. The second kappa shape index (κ2) is 12.5. The molecule has 2 N–H and O–H groups in total. The number of rotatable bonds is 11. The van der Waals surface area contributed by atoms with Gasteiger partial charge in [-0.2, -0.15) is 0 Å². The largest absolute Gasteiger partial charge is 0.402 e. The van der Waals surface area contributed by atoms with Gasteiger partial charge in [0.2, 0.25) is 0 Å². The molecule has 0 aliphatic carbocycles. The SMILES string of the molecule is N/C(=C/C(=O)[C@H](Cc1ccccc1)N(Cc1ccccc1)Cc1ccccc1)Cc1ccccc1. The fraction of sp³-hybridized carbons (Fsp3) is 0.156.